The molecule has 1 fully saturated rings. The summed E-state index contributed by atoms with van der Waals surface area (Å²) in [4.78, 5) is 36.4. The van der Waals surface area contributed by atoms with Crippen LogP contribution in [0, 0.1) is 21.8 Å². The fourth-order valence-corrected chi connectivity index (χ4v) is 5.03. The molecule has 0 radical (unpaired) electrons. The topological polar surface area (TPSA) is 148 Å². The van der Waals surface area contributed by atoms with E-state index in [1.54, 1.807) is 23.1 Å². The van der Waals surface area contributed by atoms with Crippen molar-refractivity contribution in [2.75, 3.05) is 25.0 Å². The maximum absolute atomic E-state index is 13.8. The summed E-state index contributed by atoms with van der Waals surface area (Å²) in [6.45, 7) is 0.0561. The van der Waals surface area contributed by atoms with E-state index in [0.717, 1.165) is 18.2 Å². The molecule has 0 atom stereocenters. The maximum atomic E-state index is 13.8. The molecule has 2 heterocycles. The van der Waals surface area contributed by atoms with Crippen molar-refractivity contribution in [3.63, 3.8) is 0 Å². The first-order chi connectivity index (χ1) is 16.2. The van der Waals surface area contributed by atoms with Crippen molar-refractivity contribution in [2.24, 2.45) is 10.3 Å². The third-order valence-electron chi connectivity index (χ3n) is 5.52. The van der Waals surface area contributed by atoms with Crippen molar-refractivity contribution >= 4 is 39.1 Å². The Morgan fingerprint density at radius 3 is 2.62 bits per heavy atom. The van der Waals surface area contributed by atoms with Gasteiger partial charge in [-0.1, -0.05) is 12.1 Å². The predicted octanol–water partition coefficient (Wildman–Crippen LogP) is 2.08. The van der Waals surface area contributed by atoms with Crippen molar-refractivity contribution in [3.05, 3.63) is 64.0 Å². The smallest absolute Gasteiger partial charge is 0.309 e. The van der Waals surface area contributed by atoms with Crippen LogP contribution in [0.2, 0.25) is 0 Å². The number of benzene rings is 2. The zero-order valence-corrected chi connectivity index (χ0v) is 18.5. The van der Waals surface area contributed by atoms with Crippen molar-refractivity contribution in [2.45, 2.75) is 17.7 Å². The van der Waals surface area contributed by atoms with E-state index in [1.807, 2.05) is 0 Å². The second-order valence-electron chi connectivity index (χ2n) is 7.72. The van der Waals surface area contributed by atoms with Gasteiger partial charge in [-0.2, -0.15) is 8.42 Å². The number of esters is 1. The number of rotatable bonds is 5. The average Bonchev–Trinajstić information content (AvgIpc) is 3.10. The molecule has 1 N–H and O–H groups in total. The molecule has 0 aromatic heterocycles. The van der Waals surface area contributed by atoms with E-state index in [0.29, 0.717) is 37.3 Å². The molecule has 2 aromatic rings. The van der Waals surface area contributed by atoms with Crippen LogP contribution in [-0.4, -0.2) is 55.6 Å². The van der Waals surface area contributed by atoms with Crippen LogP contribution in [0.5, 0.6) is 0 Å². The third kappa shape index (κ3) is 4.73. The average molecular weight is 490 g/mol. The summed E-state index contributed by atoms with van der Waals surface area (Å²) in [5.74, 6) is -2.48. The number of amidine groups is 1. The molecule has 4 rings (SSSR count). The third-order valence-corrected chi connectivity index (χ3v) is 6.85. The van der Waals surface area contributed by atoms with Crippen molar-refractivity contribution in [3.8, 4) is 0 Å². The number of non-ortho nitro benzene ring substituents is 1. The molecule has 2 aliphatic heterocycles. The van der Waals surface area contributed by atoms with Crippen LogP contribution >= 0.6 is 0 Å². The number of carbonyl (C=O) groups is 2. The lowest BCUT2D eigenvalue weighted by Gasteiger charge is -2.32. The monoisotopic (exact) mass is 490 g/mol. The van der Waals surface area contributed by atoms with Crippen LogP contribution in [0.3, 0.4) is 0 Å². The first kappa shape index (κ1) is 23.3. The van der Waals surface area contributed by atoms with Gasteiger partial charge in [-0.25, -0.2) is 4.39 Å². The van der Waals surface area contributed by atoms with Crippen molar-refractivity contribution < 1.29 is 32.1 Å². The Morgan fingerprint density at radius 1 is 1.21 bits per heavy atom. The molecular formula is C21H19FN4O7S. The number of nitro benzene ring substituents is 1. The molecule has 0 spiro atoms. The number of piperidine rings is 1. The molecule has 2 aliphatic rings. The SMILES string of the molecule is O=C(COC(=O)C1CCN(C2=NS(=O)(=O)c3ccccc32)CC1)Nc1cc([N+](=O)[O-])ccc1F. The standard InChI is InChI=1S/C21H19FN4O7S/c22-16-6-5-14(26(29)30)11-17(16)23-19(27)12-33-21(28)13-7-9-25(10-8-13)20-15-3-1-2-4-18(15)34(31,32)24-20/h1-6,11,13H,7-10,12H2,(H,23,27). The highest BCUT2D eigenvalue weighted by atomic mass is 32.2. The highest BCUT2D eigenvalue weighted by Gasteiger charge is 2.35. The predicted molar refractivity (Wildman–Crippen MR) is 117 cm³/mol. The van der Waals surface area contributed by atoms with Crippen LogP contribution in [0.25, 0.3) is 0 Å². The number of anilines is 1. The Labute approximate surface area is 193 Å². The van der Waals surface area contributed by atoms with Crippen LogP contribution in [0.1, 0.15) is 18.4 Å². The highest BCUT2D eigenvalue weighted by Crippen LogP contribution is 2.30. The van der Waals surface area contributed by atoms with Gasteiger partial charge in [0, 0.05) is 30.8 Å². The Balaban J connectivity index is 1.30. The quantitative estimate of drug-likeness (QED) is 0.380. The lowest BCUT2D eigenvalue weighted by Crippen LogP contribution is -2.41. The van der Waals surface area contributed by atoms with E-state index in [1.165, 1.54) is 6.07 Å². The minimum Gasteiger partial charge on any atom is -0.455 e. The zero-order valence-electron chi connectivity index (χ0n) is 17.6. The van der Waals surface area contributed by atoms with Crippen LogP contribution in [-0.2, 0) is 24.3 Å². The fourth-order valence-electron chi connectivity index (χ4n) is 3.81. The number of hydrogen-bond acceptors (Lipinski definition) is 8. The Bertz CT molecular complexity index is 1300. The molecule has 178 valence electrons. The lowest BCUT2D eigenvalue weighted by atomic mass is 9.96. The number of nitrogens with one attached hydrogen (secondary N) is 1. The molecule has 1 saturated heterocycles. The van der Waals surface area contributed by atoms with Gasteiger partial charge in [0.15, 0.2) is 12.4 Å². The molecule has 0 saturated carbocycles. The summed E-state index contributed by atoms with van der Waals surface area (Å²) in [6, 6.07) is 9.21. The van der Waals surface area contributed by atoms with Gasteiger partial charge in [0.2, 0.25) is 0 Å². The van der Waals surface area contributed by atoms with Crippen molar-refractivity contribution in [1.82, 2.24) is 4.90 Å². The normalized spacial score (nSPS) is 17.0. The molecular weight excluding hydrogens is 471 g/mol. The van der Waals surface area contributed by atoms with E-state index in [4.69, 9.17) is 4.74 Å². The highest BCUT2D eigenvalue weighted by molar-refractivity contribution is 7.90. The van der Waals surface area contributed by atoms with Gasteiger partial charge in [-0.3, -0.25) is 19.7 Å². The lowest BCUT2D eigenvalue weighted by molar-refractivity contribution is -0.384. The summed E-state index contributed by atoms with van der Waals surface area (Å²) in [6.07, 6.45) is 0.725. The Kier molecular flexibility index (Phi) is 6.28. The van der Waals surface area contributed by atoms with Crippen LogP contribution in [0.4, 0.5) is 15.8 Å². The second kappa shape index (κ2) is 9.17. The largest absolute Gasteiger partial charge is 0.455 e. The Morgan fingerprint density at radius 2 is 1.91 bits per heavy atom. The number of ether oxygens (including phenoxy) is 1. The van der Waals surface area contributed by atoms with E-state index >= 15 is 0 Å². The fraction of sp³-hybridized carbons (Fsp3) is 0.286. The number of amides is 1. The van der Waals surface area contributed by atoms with Crippen LogP contribution in [0.15, 0.2) is 51.8 Å². The number of fused-ring (bicyclic) bond motifs is 1. The number of halogens is 1. The zero-order chi connectivity index (χ0) is 24.5. The van der Waals surface area contributed by atoms with Gasteiger partial charge < -0.3 is 15.0 Å². The molecule has 0 bridgehead atoms. The molecule has 1 amide bonds. The first-order valence-electron chi connectivity index (χ1n) is 10.3. The number of nitro groups is 1. The summed E-state index contributed by atoms with van der Waals surface area (Å²) < 4.78 is 47.2. The molecule has 11 nitrogen and oxygen atoms in total. The number of sulfonamides is 1. The number of likely N-dealkylation sites (tertiary alicyclic amines) is 1. The summed E-state index contributed by atoms with van der Waals surface area (Å²) in [7, 11) is -3.74. The van der Waals surface area contributed by atoms with Gasteiger partial charge in [-0.15, -0.1) is 4.40 Å². The van der Waals surface area contributed by atoms with Gasteiger partial charge >= 0.3 is 5.97 Å². The van der Waals surface area contributed by atoms with Crippen molar-refractivity contribution in [1.29, 1.82) is 0 Å². The van der Waals surface area contributed by atoms with E-state index in [2.05, 4.69) is 9.71 Å². The van der Waals surface area contributed by atoms with E-state index in [-0.39, 0.29) is 4.90 Å². The molecule has 2 aromatic carbocycles. The number of carbonyl (C=O) groups excluding carboxylic acids is 2. The maximum Gasteiger partial charge on any atom is 0.309 e. The molecule has 13 heteroatoms. The van der Waals surface area contributed by atoms with Crippen LogP contribution < -0.4 is 5.32 Å². The summed E-state index contributed by atoms with van der Waals surface area (Å²) in [5.41, 5.74) is -0.271. The van der Waals surface area contributed by atoms with Gasteiger partial charge in [0.25, 0.3) is 21.6 Å². The molecule has 0 unspecified atom stereocenters. The Hall–Kier alpha value is -3.87. The second-order valence-corrected chi connectivity index (χ2v) is 9.30. The summed E-state index contributed by atoms with van der Waals surface area (Å²) in [5, 5.41) is 12.9. The van der Waals surface area contributed by atoms with Gasteiger partial charge in [0.05, 0.1) is 16.5 Å². The van der Waals surface area contributed by atoms with E-state index < -0.39 is 56.5 Å². The minimum atomic E-state index is -3.74. The first-order valence-corrected chi connectivity index (χ1v) is 11.7. The van der Waals surface area contributed by atoms with E-state index in [9.17, 15) is 32.5 Å². The number of hydrogen-bond donors (Lipinski definition) is 1. The minimum absolute atomic E-state index is 0.151. The number of nitrogens with zero attached hydrogens (tertiary/aromatic N) is 3. The summed E-state index contributed by atoms with van der Waals surface area (Å²) >= 11 is 0. The molecule has 0 aliphatic carbocycles. The van der Waals surface area contributed by atoms with Gasteiger partial charge in [-0.05, 0) is 31.0 Å². The van der Waals surface area contributed by atoms with Gasteiger partial charge in [0.1, 0.15) is 10.7 Å². The molecule has 34 heavy (non-hydrogen) atoms.